The van der Waals surface area contributed by atoms with Crippen LogP contribution in [0.2, 0.25) is 0 Å². The lowest BCUT2D eigenvalue weighted by atomic mass is 10.1. The van der Waals surface area contributed by atoms with Crippen molar-refractivity contribution in [2.24, 2.45) is 0 Å². The molecule has 6 aromatic rings. The molecule has 0 aliphatic rings. The van der Waals surface area contributed by atoms with E-state index in [4.69, 9.17) is 10.1 Å². The van der Waals surface area contributed by atoms with E-state index >= 15 is 0 Å². The van der Waals surface area contributed by atoms with Crippen molar-refractivity contribution in [3.05, 3.63) is 72.9 Å². The van der Waals surface area contributed by atoms with Crippen LogP contribution < -0.4 is 0 Å². The molecule has 0 amide bonds. The molecule has 138 valence electrons. The fourth-order valence-corrected chi connectivity index (χ4v) is 3.60. The van der Waals surface area contributed by atoms with Gasteiger partial charge in [0.15, 0.2) is 11.5 Å². The smallest absolute Gasteiger partial charge is 0.161 e. The summed E-state index contributed by atoms with van der Waals surface area (Å²) in [5.74, 6) is 0.672. The van der Waals surface area contributed by atoms with Crippen molar-refractivity contribution in [1.29, 1.82) is 0 Å². The molecule has 5 heterocycles. The quantitative estimate of drug-likeness (QED) is 0.489. The average molecular weight is 377 g/mol. The number of aromatic nitrogens is 7. The lowest BCUT2D eigenvalue weighted by Gasteiger charge is -2.04. The van der Waals surface area contributed by atoms with Gasteiger partial charge >= 0.3 is 0 Å². The van der Waals surface area contributed by atoms with Crippen LogP contribution in [0.3, 0.4) is 0 Å². The molecule has 5 aromatic heterocycles. The Bertz CT molecular complexity index is 1530. The topological polar surface area (TPSA) is 84.6 Å². The van der Waals surface area contributed by atoms with Crippen molar-refractivity contribution in [3.63, 3.8) is 0 Å². The number of imidazole rings is 1. The van der Waals surface area contributed by atoms with E-state index in [-0.39, 0.29) is 0 Å². The van der Waals surface area contributed by atoms with E-state index in [2.05, 4.69) is 26.0 Å². The van der Waals surface area contributed by atoms with Gasteiger partial charge in [0.1, 0.15) is 5.65 Å². The fraction of sp³-hybridized carbons (Fsp3) is 0.0455. The molecule has 0 spiro atoms. The van der Waals surface area contributed by atoms with E-state index in [0.717, 1.165) is 50.1 Å². The predicted octanol–water partition coefficient (Wildman–Crippen LogP) is 4.19. The van der Waals surface area contributed by atoms with Gasteiger partial charge < -0.3 is 4.98 Å². The maximum atomic E-state index is 4.73. The van der Waals surface area contributed by atoms with Crippen molar-refractivity contribution in [3.8, 4) is 22.6 Å². The number of aromatic amines is 1. The van der Waals surface area contributed by atoms with E-state index in [1.54, 1.807) is 6.20 Å². The summed E-state index contributed by atoms with van der Waals surface area (Å²) < 4.78 is 1.84. The van der Waals surface area contributed by atoms with Crippen LogP contribution in [0, 0.1) is 6.92 Å². The Hall–Kier alpha value is -4.13. The molecule has 29 heavy (non-hydrogen) atoms. The number of fused-ring (bicyclic) bond motifs is 3. The Labute approximate surface area is 165 Å². The number of hydrogen-bond donors (Lipinski definition) is 1. The van der Waals surface area contributed by atoms with E-state index < -0.39 is 0 Å². The van der Waals surface area contributed by atoms with Crippen molar-refractivity contribution in [2.75, 3.05) is 0 Å². The molecule has 7 nitrogen and oxygen atoms in total. The number of benzene rings is 1. The zero-order chi connectivity index (χ0) is 19.4. The first kappa shape index (κ1) is 15.9. The Kier molecular flexibility index (Phi) is 3.25. The van der Waals surface area contributed by atoms with Crippen LogP contribution >= 0.6 is 0 Å². The van der Waals surface area contributed by atoms with Crippen molar-refractivity contribution in [1.82, 2.24) is 34.5 Å². The number of H-pyrrole nitrogens is 1. The van der Waals surface area contributed by atoms with Gasteiger partial charge in [0.2, 0.25) is 0 Å². The van der Waals surface area contributed by atoms with Crippen LogP contribution in [0.25, 0.3) is 50.2 Å². The molecule has 1 aromatic carbocycles. The van der Waals surface area contributed by atoms with Gasteiger partial charge in [-0.3, -0.25) is 4.98 Å². The third-order valence-electron chi connectivity index (χ3n) is 5.10. The maximum Gasteiger partial charge on any atom is 0.161 e. The summed E-state index contributed by atoms with van der Waals surface area (Å²) in [4.78, 5) is 21.3. The molecular weight excluding hydrogens is 362 g/mol. The Balaban J connectivity index is 1.46. The minimum absolute atomic E-state index is 0.672. The predicted molar refractivity (Wildman–Crippen MR) is 111 cm³/mol. The second kappa shape index (κ2) is 5.93. The van der Waals surface area contributed by atoms with Gasteiger partial charge in [0.25, 0.3) is 0 Å². The molecule has 0 saturated carbocycles. The number of pyridine rings is 1. The zero-order valence-corrected chi connectivity index (χ0v) is 15.5. The number of nitrogens with zero attached hydrogens (tertiary/aromatic N) is 6. The summed E-state index contributed by atoms with van der Waals surface area (Å²) in [6, 6.07) is 13.9. The van der Waals surface area contributed by atoms with Crippen molar-refractivity contribution < 1.29 is 0 Å². The van der Waals surface area contributed by atoms with Crippen LogP contribution in [-0.2, 0) is 0 Å². The molecule has 6 rings (SSSR count). The highest BCUT2D eigenvalue weighted by molar-refractivity contribution is 5.93. The Morgan fingerprint density at radius 3 is 2.90 bits per heavy atom. The van der Waals surface area contributed by atoms with Crippen molar-refractivity contribution >= 4 is 27.6 Å². The molecular formula is C22H15N7. The average Bonchev–Trinajstić information content (AvgIpc) is 3.36. The first-order valence-electron chi connectivity index (χ1n) is 9.27. The molecule has 1 N–H and O–H groups in total. The second-order valence-corrected chi connectivity index (χ2v) is 6.96. The summed E-state index contributed by atoms with van der Waals surface area (Å²) in [5.41, 5.74) is 6.32. The Morgan fingerprint density at radius 1 is 0.966 bits per heavy atom. The molecule has 0 atom stereocenters. The molecule has 0 radical (unpaired) electrons. The minimum Gasteiger partial charge on any atom is -0.345 e. The van der Waals surface area contributed by atoms with Gasteiger partial charge in [-0.05, 0) is 43.3 Å². The number of aryl methyl sites for hydroxylation is 1. The molecule has 0 aliphatic heterocycles. The summed E-state index contributed by atoms with van der Waals surface area (Å²) >= 11 is 0. The highest BCUT2D eigenvalue weighted by atomic mass is 15.3. The number of hydrogen-bond acceptors (Lipinski definition) is 5. The van der Waals surface area contributed by atoms with E-state index in [1.165, 1.54) is 0 Å². The summed E-state index contributed by atoms with van der Waals surface area (Å²) in [7, 11) is 0. The van der Waals surface area contributed by atoms with Gasteiger partial charge in [-0.25, -0.2) is 19.5 Å². The highest BCUT2D eigenvalue weighted by Crippen LogP contribution is 2.28. The SMILES string of the molecule is Cc1cnc2ccc(-c3c[nH]c4nc(-c5ccc6ncccc6c5)ncc34)nn12. The first-order chi connectivity index (χ1) is 14.3. The van der Waals surface area contributed by atoms with Gasteiger partial charge in [-0.1, -0.05) is 6.07 Å². The summed E-state index contributed by atoms with van der Waals surface area (Å²) in [6.07, 6.45) is 7.38. The molecule has 0 saturated heterocycles. The molecule has 0 bridgehead atoms. The van der Waals surface area contributed by atoms with Crippen LogP contribution in [0.4, 0.5) is 0 Å². The third kappa shape index (κ3) is 2.48. The van der Waals surface area contributed by atoms with E-state index in [1.807, 2.05) is 66.4 Å². The van der Waals surface area contributed by atoms with E-state index in [9.17, 15) is 0 Å². The zero-order valence-electron chi connectivity index (χ0n) is 15.5. The van der Waals surface area contributed by atoms with Gasteiger partial charge in [-0.15, -0.1) is 0 Å². The number of rotatable bonds is 2. The molecule has 7 heteroatoms. The number of nitrogens with one attached hydrogen (secondary N) is 1. The van der Waals surface area contributed by atoms with Crippen LogP contribution in [0.15, 0.2) is 67.3 Å². The normalized spacial score (nSPS) is 11.6. The molecule has 0 fully saturated rings. The van der Waals surface area contributed by atoms with Crippen LogP contribution in [0.1, 0.15) is 5.69 Å². The monoisotopic (exact) mass is 377 g/mol. The lowest BCUT2D eigenvalue weighted by molar-refractivity contribution is 0.906. The largest absolute Gasteiger partial charge is 0.345 e. The second-order valence-electron chi connectivity index (χ2n) is 6.96. The van der Waals surface area contributed by atoms with Gasteiger partial charge in [-0.2, -0.15) is 5.10 Å². The fourth-order valence-electron chi connectivity index (χ4n) is 3.60. The Morgan fingerprint density at radius 2 is 1.93 bits per heavy atom. The maximum absolute atomic E-state index is 4.73. The first-order valence-corrected chi connectivity index (χ1v) is 9.27. The van der Waals surface area contributed by atoms with Gasteiger partial charge in [0, 0.05) is 40.5 Å². The third-order valence-corrected chi connectivity index (χ3v) is 5.10. The van der Waals surface area contributed by atoms with Crippen LogP contribution in [0.5, 0.6) is 0 Å². The molecule has 0 aliphatic carbocycles. The van der Waals surface area contributed by atoms with Gasteiger partial charge in [0.05, 0.1) is 23.1 Å². The molecule has 0 unspecified atom stereocenters. The lowest BCUT2D eigenvalue weighted by Crippen LogP contribution is -1.96. The highest BCUT2D eigenvalue weighted by Gasteiger charge is 2.13. The summed E-state index contributed by atoms with van der Waals surface area (Å²) in [6.45, 7) is 1.99. The van der Waals surface area contributed by atoms with Crippen molar-refractivity contribution in [2.45, 2.75) is 6.92 Å². The van der Waals surface area contributed by atoms with E-state index in [0.29, 0.717) is 5.82 Å². The minimum atomic E-state index is 0.672. The van der Waals surface area contributed by atoms with Crippen LogP contribution in [-0.4, -0.2) is 34.5 Å². The summed E-state index contributed by atoms with van der Waals surface area (Å²) in [5, 5.41) is 6.71. The standard InChI is InChI=1S/C22H15N7/c1-13-10-24-20-7-6-19(28-29(13)20)16-11-26-22-17(16)12-25-21(27-22)15-4-5-18-14(9-15)3-2-8-23-18/h2-12H,1H3,(H,25,26,27).